The average Bonchev–Trinajstić information content (AvgIpc) is 2.71. The zero-order chi connectivity index (χ0) is 24.7. The van der Waals surface area contributed by atoms with Crippen LogP contribution in [-0.4, -0.2) is 44.0 Å². The van der Waals surface area contributed by atoms with Gasteiger partial charge in [0.2, 0.25) is 0 Å². The Morgan fingerprint density at radius 1 is 1.09 bits per heavy atom. The molecule has 0 aliphatic heterocycles. The molecule has 0 saturated carbocycles. The lowest BCUT2D eigenvalue weighted by molar-refractivity contribution is -0.145. The van der Waals surface area contributed by atoms with Crippen LogP contribution in [-0.2, 0) is 19.0 Å². The number of hydrogen-bond donors (Lipinski definition) is 2. The minimum absolute atomic E-state index is 0.158. The van der Waals surface area contributed by atoms with E-state index in [0.29, 0.717) is 41.0 Å². The predicted octanol–water partition coefficient (Wildman–Crippen LogP) is 5.90. The third-order valence-corrected chi connectivity index (χ3v) is 4.34. The number of nitrogens with one attached hydrogen (secondary N) is 2. The number of rotatable bonds is 13. The Balaban J connectivity index is 2.09. The summed E-state index contributed by atoms with van der Waals surface area (Å²) in [6.07, 6.45) is 7.54. The molecule has 9 heteroatoms. The van der Waals surface area contributed by atoms with Gasteiger partial charge in [0.05, 0.1) is 28.9 Å². The molecule has 1 amide bonds. The van der Waals surface area contributed by atoms with E-state index < -0.39 is 11.7 Å². The van der Waals surface area contributed by atoms with Crippen molar-refractivity contribution in [3.63, 3.8) is 0 Å². The van der Waals surface area contributed by atoms with E-state index >= 15 is 0 Å². The van der Waals surface area contributed by atoms with Crippen molar-refractivity contribution in [3.8, 4) is 0 Å². The number of allylic oxidation sites excluding steroid dienone is 4. The Kier molecular flexibility index (Phi) is 13.3. The van der Waals surface area contributed by atoms with Gasteiger partial charge in [-0.15, -0.1) is 0 Å². The number of carbonyl (C=O) groups is 2. The molecule has 0 aliphatic rings. The Bertz CT molecular complexity index is 827. The molecule has 33 heavy (non-hydrogen) atoms. The topological polar surface area (TPSA) is 85.9 Å². The molecule has 0 saturated heterocycles. The Labute approximate surface area is 205 Å². The van der Waals surface area contributed by atoms with E-state index in [9.17, 15) is 9.59 Å². The lowest BCUT2D eigenvalue weighted by atomic mass is 10.2. The zero-order valence-corrected chi connectivity index (χ0v) is 20.8. The number of esters is 1. The molecule has 1 rings (SSSR count). The fraction of sp³-hybridized carbons (Fsp3) is 0.417. The molecule has 2 N–H and O–H groups in total. The summed E-state index contributed by atoms with van der Waals surface area (Å²) >= 11 is 12.2. The lowest BCUT2D eigenvalue weighted by Gasteiger charge is -2.19. The Morgan fingerprint density at radius 2 is 1.79 bits per heavy atom. The van der Waals surface area contributed by atoms with Crippen molar-refractivity contribution in [2.45, 2.75) is 39.2 Å². The lowest BCUT2D eigenvalue weighted by Crippen LogP contribution is -2.34. The van der Waals surface area contributed by atoms with Crippen LogP contribution < -0.4 is 10.6 Å². The maximum absolute atomic E-state index is 11.7. The van der Waals surface area contributed by atoms with E-state index in [2.05, 4.69) is 17.2 Å². The van der Waals surface area contributed by atoms with Gasteiger partial charge in [-0.3, -0.25) is 4.79 Å². The third-order valence-electron chi connectivity index (χ3n) is 3.71. The number of para-hydroxylation sites is 1. The van der Waals surface area contributed by atoms with Gasteiger partial charge in [-0.2, -0.15) is 0 Å². The minimum Gasteiger partial charge on any atom is -0.463 e. The van der Waals surface area contributed by atoms with Crippen LogP contribution in [0.15, 0.2) is 54.8 Å². The van der Waals surface area contributed by atoms with Crippen LogP contribution in [0.25, 0.3) is 0 Å². The van der Waals surface area contributed by atoms with Gasteiger partial charge in [0.25, 0.3) is 0 Å². The summed E-state index contributed by atoms with van der Waals surface area (Å²) in [5.41, 5.74) is 0.684. The van der Waals surface area contributed by atoms with Crippen LogP contribution in [0.3, 0.4) is 0 Å². The van der Waals surface area contributed by atoms with Crippen molar-refractivity contribution in [2.24, 2.45) is 0 Å². The molecule has 0 aliphatic carbocycles. The SMILES string of the molecule is C=C(/C=C\C=C/CCC(=O)OCCOCCNC(=O)OC(C)(C)C)Nc1c(Cl)cccc1Cl. The van der Waals surface area contributed by atoms with Crippen LogP contribution in [0.2, 0.25) is 10.0 Å². The summed E-state index contributed by atoms with van der Waals surface area (Å²) in [5, 5.41) is 6.65. The zero-order valence-electron chi connectivity index (χ0n) is 19.3. The largest absolute Gasteiger partial charge is 0.463 e. The fourth-order valence-electron chi connectivity index (χ4n) is 2.30. The van der Waals surface area contributed by atoms with E-state index in [1.165, 1.54) is 0 Å². The summed E-state index contributed by atoms with van der Waals surface area (Å²) in [6, 6.07) is 5.24. The highest BCUT2D eigenvalue weighted by atomic mass is 35.5. The van der Waals surface area contributed by atoms with Crippen LogP contribution in [0.4, 0.5) is 10.5 Å². The minimum atomic E-state index is -0.539. The van der Waals surface area contributed by atoms with Crippen LogP contribution >= 0.6 is 23.2 Å². The summed E-state index contributed by atoms with van der Waals surface area (Å²) in [6.45, 7) is 10.3. The number of alkyl carbamates (subject to hydrolysis) is 1. The van der Waals surface area contributed by atoms with Crippen molar-refractivity contribution in [3.05, 3.63) is 64.8 Å². The molecule has 0 spiro atoms. The molecule has 0 bridgehead atoms. The average molecular weight is 499 g/mol. The van der Waals surface area contributed by atoms with Gasteiger partial charge in [-0.05, 0) is 45.4 Å². The van der Waals surface area contributed by atoms with Gasteiger partial charge in [-0.1, -0.05) is 54.1 Å². The smallest absolute Gasteiger partial charge is 0.407 e. The molecule has 1 aromatic carbocycles. The number of ether oxygens (including phenoxy) is 3. The molecule has 0 unspecified atom stereocenters. The second-order valence-corrected chi connectivity index (χ2v) is 8.65. The van der Waals surface area contributed by atoms with Crippen LogP contribution in [0, 0.1) is 0 Å². The molecule has 0 heterocycles. The number of amides is 1. The van der Waals surface area contributed by atoms with Gasteiger partial charge in [-0.25, -0.2) is 4.79 Å². The molecular formula is C24H32Cl2N2O5. The molecule has 7 nitrogen and oxygen atoms in total. The van der Waals surface area contributed by atoms with Gasteiger partial charge in [0.1, 0.15) is 12.2 Å². The number of halogens is 2. The van der Waals surface area contributed by atoms with Gasteiger partial charge in [0, 0.05) is 18.7 Å². The summed E-state index contributed by atoms with van der Waals surface area (Å²) < 4.78 is 15.5. The maximum Gasteiger partial charge on any atom is 0.407 e. The van der Waals surface area contributed by atoms with E-state index in [1.807, 2.05) is 12.2 Å². The Hall–Kier alpha value is -2.48. The van der Waals surface area contributed by atoms with Crippen molar-refractivity contribution in [1.29, 1.82) is 0 Å². The Morgan fingerprint density at radius 3 is 2.45 bits per heavy atom. The number of carbonyl (C=O) groups excluding carboxylic acids is 2. The van der Waals surface area contributed by atoms with Gasteiger partial charge >= 0.3 is 12.1 Å². The summed E-state index contributed by atoms with van der Waals surface area (Å²) in [4.78, 5) is 23.2. The van der Waals surface area contributed by atoms with Crippen molar-refractivity contribution in [2.75, 3.05) is 31.7 Å². The summed E-state index contributed by atoms with van der Waals surface area (Å²) in [7, 11) is 0. The van der Waals surface area contributed by atoms with Crippen LogP contribution in [0.1, 0.15) is 33.6 Å². The van der Waals surface area contributed by atoms with Crippen molar-refractivity contribution < 1.29 is 23.8 Å². The van der Waals surface area contributed by atoms with Crippen LogP contribution in [0.5, 0.6) is 0 Å². The maximum atomic E-state index is 11.7. The number of benzene rings is 1. The molecule has 182 valence electrons. The molecule has 0 fully saturated rings. The number of anilines is 1. The van der Waals surface area contributed by atoms with Gasteiger partial charge in [0.15, 0.2) is 0 Å². The quantitative estimate of drug-likeness (QED) is 0.200. The first kappa shape index (κ1) is 28.6. The molecule has 0 radical (unpaired) electrons. The van der Waals surface area contributed by atoms with E-state index in [0.717, 1.165) is 0 Å². The standard InChI is InChI=1S/C24H32Cl2N2O5/c1-18(28-22-19(25)11-9-12-20(22)26)10-7-5-6-8-13-21(29)32-17-16-31-15-14-27-23(30)33-24(2,3)4/h5-7,9-12,28H,1,8,13-17H2,2-4H3,(H,27,30)/b6-5-,10-7-. The first-order chi connectivity index (χ1) is 15.6. The highest BCUT2D eigenvalue weighted by Crippen LogP contribution is 2.30. The molecular weight excluding hydrogens is 467 g/mol. The molecule has 0 aromatic heterocycles. The first-order valence-corrected chi connectivity index (χ1v) is 11.3. The predicted molar refractivity (Wildman–Crippen MR) is 133 cm³/mol. The monoisotopic (exact) mass is 498 g/mol. The van der Waals surface area contributed by atoms with Crippen molar-refractivity contribution >= 4 is 41.0 Å². The molecule has 1 aromatic rings. The second-order valence-electron chi connectivity index (χ2n) is 7.83. The van der Waals surface area contributed by atoms with E-state index in [1.54, 1.807) is 51.1 Å². The fourth-order valence-corrected chi connectivity index (χ4v) is 2.79. The van der Waals surface area contributed by atoms with Gasteiger partial charge < -0.3 is 24.8 Å². The second kappa shape index (κ2) is 15.4. The highest BCUT2D eigenvalue weighted by Gasteiger charge is 2.15. The van der Waals surface area contributed by atoms with E-state index in [4.69, 9.17) is 37.4 Å². The number of hydrogen-bond acceptors (Lipinski definition) is 6. The van der Waals surface area contributed by atoms with Crippen molar-refractivity contribution in [1.82, 2.24) is 5.32 Å². The third kappa shape index (κ3) is 14.3. The first-order valence-electron chi connectivity index (χ1n) is 10.5. The van der Waals surface area contributed by atoms with E-state index in [-0.39, 0.29) is 25.6 Å². The molecule has 0 atom stereocenters. The normalized spacial score (nSPS) is 11.5. The summed E-state index contributed by atoms with van der Waals surface area (Å²) in [5.74, 6) is -0.307. The highest BCUT2D eigenvalue weighted by molar-refractivity contribution is 6.39.